The fourth-order valence-electron chi connectivity index (χ4n) is 2.37. The van der Waals surface area contributed by atoms with Crippen LogP contribution in [-0.4, -0.2) is 35.8 Å². The second kappa shape index (κ2) is 6.82. The first-order valence-electron chi connectivity index (χ1n) is 7.13. The summed E-state index contributed by atoms with van der Waals surface area (Å²) >= 11 is 0. The zero-order chi connectivity index (χ0) is 13.7. The van der Waals surface area contributed by atoms with E-state index in [1.54, 1.807) is 0 Å². The van der Waals surface area contributed by atoms with E-state index in [4.69, 9.17) is 10.5 Å². The van der Waals surface area contributed by atoms with Crippen LogP contribution in [0.4, 0.5) is 5.95 Å². The molecule has 0 amide bonds. The number of anilines is 1. The third-order valence-electron chi connectivity index (χ3n) is 3.51. The Morgan fingerprint density at radius 1 is 1.53 bits per heavy atom. The number of ether oxygens (including phenoxy) is 1. The molecule has 1 fully saturated rings. The van der Waals surface area contributed by atoms with Crippen LogP contribution in [0.3, 0.4) is 0 Å². The van der Waals surface area contributed by atoms with E-state index >= 15 is 0 Å². The smallest absolute Gasteiger partial charge is 0.225 e. The zero-order valence-corrected chi connectivity index (χ0v) is 11.9. The van der Waals surface area contributed by atoms with Crippen molar-refractivity contribution in [1.29, 1.82) is 0 Å². The van der Waals surface area contributed by atoms with Gasteiger partial charge in [0.1, 0.15) is 0 Å². The molecule has 1 aliphatic heterocycles. The normalized spacial score (nSPS) is 19.7. The van der Waals surface area contributed by atoms with E-state index in [9.17, 15) is 0 Å². The van der Waals surface area contributed by atoms with Gasteiger partial charge < -0.3 is 15.4 Å². The predicted molar refractivity (Wildman–Crippen MR) is 76.1 cm³/mol. The molecule has 2 N–H and O–H groups in total. The molecule has 0 saturated carbocycles. The Kier molecular flexibility index (Phi) is 5.10. The Balaban J connectivity index is 2.02. The van der Waals surface area contributed by atoms with Gasteiger partial charge in [-0.05, 0) is 26.2 Å². The number of hydrogen-bond acceptors (Lipinski definition) is 5. The van der Waals surface area contributed by atoms with Crippen molar-refractivity contribution in [3.63, 3.8) is 0 Å². The average Bonchev–Trinajstić information content (AvgIpc) is 2.45. The van der Waals surface area contributed by atoms with E-state index in [2.05, 4.69) is 21.8 Å². The number of aromatic nitrogens is 2. The lowest BCUT2D eigenvalue weighted by molar-refractivity contribution is 0.0437. The summed E-state index contributed by atoms with van der Waals surface area (Å²) in [7, 11) is 0. The first-order chi connectivity index (χ1) is 9.24. The molecule has 0 aliphatic carbocycles. The number of nitrogens with zero attached hydrogens (tertiary/aromatic N) is 3. The second-order valence-corrected chi connectivity index (χ2v) is 5.07. The molecule has 2 rings (SSSR count). The summed E-state index contributed by atoms with van der Waals surface area (Å²) in [6, 6.07) is 0. The molecule has 0 bridgehead atoms. The van der Waals surface area contributed by atoms with Gasteiger partial charge in [0.05, 0.1) is 6.10 Å². The van der Waals surface area contributed by atoms with Gasteiger partial charge in [-0.15, -0.1) is 0 Å². The molecule has 0 aromatic carbocycles. The van der Waals surface area contributed by atoms with E-state index < -0.39 is 0 Å². The molecule has 1 aromatic rings. The molecule has 1 unspecified atom stereocenters. The topological polar surface area (TPSA) is 64.3 Å². The van der Waals surface area contributed by atoms with E-state index in [0.29, 0.717) is 12.6 Å². The van der Waals surface area contributed by atoms with Gasteiger partial charge in [0.2, 0.25) is 5.95 Å². The summed E-state index contributed by atoms with van der Waals surface area (Å²) in [5.74, 6) is 0.805. The molecule has 0 spiro atoms. The zero-order valence-electron chi connectivity index (χ0n) is 11.9. The third kappa shape index (κ3) is 3.64. The summed E-state index contributed by atoms with van der Waals surface area (Å²) in [4.78, 5) is 11.2. The van der Waals surface area contributed by atoms with Gasteiger partial charge in [0.15, 0.2) is 0 Å². The molecule has 106 valence electrons. The van der Waals surface area contributed by atoms with Gasteiger partial charge in [-0.25, -0.2) is 9.97 Å². The highest BCUT2D eigenvalue weighted by atomic mass is 16.5. The van der Waals surface area contributed by atoms with Crippen LogP contribution in [0.5, 0.6) is 0 Å². The van der Waals surface area contributed by atoms with Crippen LogP contribution in [0.2, 0.25) is 0 Å². The molecular weight excluding hydrogens is 240 g/mol. The minimum absolute atomic E-state index is 0.312. The second-order valence-electron chi connectivity index (χ2n) is 5.07. The number of aryl methyl sites for hydroxylation is 1. The number of rotatable bonds is 5. The maximum atomic E-state index is 5.84. The van der Waals surface area contributed by atoms with E-state index in [-0.39, 0.29) is 0 Å². The Hall–Kier alpha value is -1.20. The fraction of sp³-hybridized carbons (Fsp3) is 0.714. The molecule has 2 heterocycles. The van der Waals surface area contributed by atoms with Gasteiger partial charge in [0.25, 0.3) is 0 Å². The Morgan fingerprint density at radius 2 is 2.37 bits per heavy atom. The molecule has 1 atom stereocenters. The lowest BCUT2D eigenvalue weighted by Crippen LogP contribution is -2.40. The van der Waals surface area contributed by atoms with Gasteiger partial charge in [0, 0.05) is 43.7 Å². The van der Waals surface area contributed by atoms with Gasteiger partial charge >= 0.3 is 0 Å². The fourth-order valence-corrected chi connectivity index (χ4v) is 2.37. The molecule has 5 heteroatoms. The molecule has 1 aliphatic rings. The lowest BCUT2D eigenvalue weighted by Gasteiger charge is -2.32. The molecule has 19 heavy (non-hydrogen) atoms. The van der Waals surface area contributed by atoms with Crippen molar-refractivity contribution < 1.29 is 4.74 Å². The van der Waals surface area contributed by atoms with Crippen LogP contribution in [-0.2, 0) is 11.3 Å². The van der Waals surface area contributed by atoms with E-state index in [1.807, 2.05) is 13.1 Å². The summed E-state index contributed by atoms with van der Waals surface area (Å²) in [5, 5.41) is 0. The van der Waals surface area contributed by atoms with Crippen molar-refractivity contribution >= 4 is 5.95 Å². The Bertz CT molecular complexity index is 410. The molecule has 5 nitrogen and oxygen atoms in total. The van der Waals surface area contributed by atoms with Crippen molar-refractivity contribution in [1.82, 2.24) is 9.97 Å². The van der Waals surface area contributed by atoms with Crippen molar-refractivity contribution in [3.05, 3.63) is 17.5 Å². The average molecular weight is 264 g/mol. The van der Waals surface area contributed by atoms with E-state index in [1.165, 1.54) is 0 Å². The van der Waals surface area contributed by atoms with Crippen LogP contribution in [0, 0.1) is 6.92 Å². The highest BCUT2D eigenvalue weighted by molar-refractivity contribution is 5.33. The van der Waals surface area contributed by atoms with Crippen molar-refractivity contribution in [2.24, 2.45) is 5.73 Å². The quantitative estimate of drug-likeness (QED) is 0.876. The molecule has 1 saturated heterocycles. The maximum Gasteiger partial charge on any atom is 0.225 e. The van der Waals surface area contributed by atoms with Crippen LogP contribution in [0.25, 0.3) is 0 Å². The predicted octanol–water partition coefficient (Wildman–Crippen LogP) is 1.64. The van der Waals surface area contributed by atoms with Gasteiger partial charge in [-0.3, -0.25) is 0 Å². The standard InChI is InChI=1S/C14H24N4O/c1-3-7-19-13-5-4-6-18(10-13)14-16-9-12(8-15)11(2)17-14/h9,13H,3-8,10,15H2,1-2H3. The highest BCUT2D eigenvalue weighted by Gasteiger charge is 2.22. The van der Waals surface area contributed by atoms with Crippen molar-refractivity contribution in [3.8, 4) is 0 Å². The highest BCUT2D eigenvalue weighted by Crippen LogP contribution is 2.19. The first-order valence-corrected chi connectivity index (χ1v) is 7.13. The maximum absolute atomic E-state index is 5.84. The third-order valence-corrected chi connectivity index (χ3v) is 3.51. The van der Waals surface area contributed by atoms with Gasteiger partial charge in [-0.1, -0.05) is 6.92 Å². The minimum atomic E-state index is 0.312. The molecular formula is C14H24N4O. The Morgan fingerprint density at radius 3 is 3.05 bits per heavy atom. The van der Waals surface area contributed by atoms with Crippen LogP contribution < -0.4 is 10.6 Å². The largest absolute Gasteiger partial charge is 0.376 e. The van der Waals surface area contributed by atoms with Crippen LogP contribution >= 0.6 is 0 Å². The number of piperidine rings is 1. The first kappa shape index (κ1) is 14.2. The van der Waals surface area contributed by atoms with E-state index in [0.717, 1.165) is 56.2 Å². The summed E-state index contributed by atoms with van der Waals surface area (Å²) < 4.78 is 5.84. The molecule has 1 aromatic heterocycles. The van der Waals surface area contributed by atoms with Crippen LogP contribution in [0.15, 0.2) is 6.20 Å². The summed E-state index contributed by atoms with van der Waals surface area (Å²) in [6.45, 7) is 7.36. The lowest BCUT2D eigenvalue weighted by atomic mass is 10.1. The van der Waals surface area contributed by atoms with Crippen molar-refractivity contribution in [2.45, 2.75) is 45.8 Å². The summed E-state index contributed by atoms with van der Waals surface area (Å²) in [5.41, 5.74) is 7.63. The minimum Gasteiger partial charge on any atom is -0.376 e. The van der Waals surface area contributed by atoms with Crippen molar-refractivity contribution in [2.75, 3.05) is 24.6 Å². The summed E-state index contributed by atoms with van der Waals surface area (Å²) in [6.07, 6.45) is 5.49. The molecule has 0 radical (unpaired) electrons. The van der Waals surface area contributed by atoms with Crippen LogP contribution in [0.1, 0.15) is 37.4 Å². The Labute approximate surface area is 115 Å². The number of hydrogen-bond donors (Lipinski definition) is 1. The number of nitrogens with two attached hydrogens (primary N) is 1. The monoisotopic (exact) mass is 264 g/mol. The van der Waals surface area contributed by atoms with Gasteiger partial charge in [-0.2, -0.15) is 0 Å². The SMILES string of the molecule is CCCOC1CCCN(c2ncc(CN)c(C)n2)C1.